The third-order valence-electron chi connectivity index (χ3n) is 5.47. The van der Waals surface area contributed by atoms with Crippen molar-refractivity contribution in [2.75, 3.05) is 25.0 Å². The van der Waals surface area contributed by atoms with Gasteiger partial charge in [-0.2, -0.15) is 0 Å². The van der Waals surface area contributed by atoms with Crippen LogP contribution in [0.25, 0.3) is 0 Å². The zero-order valence-corrected chi connectivity index (χ0v) is 14.6. The van der Waals surface area contributed by atoms with Crippen LogP contribution in [0.1, 0.15) is 29.2 Å². The van der Waals surface area contributed by atoms with Crippen LogP contribution in [0, 0.1) is 6.92 Å². The molecule has 0 bridgehead atoms. The minimum Gasteiger partial charge on any atom is -0.337 e. The van der Waals surface area contributed by atoms with Crippen molar-refractivity contribution in [3.8, 4) is 0 Å². The van der Waals surface area contributed by atoms with Gasteiger partial charge in [-0.1, -0.05) is 17.7 Å². The molecule has 0 aliphatic carbocycles. The third kappa shape index (κ3) is 2.44. The van der Waals surface area contributed by atoms with Crippen LogP contribution in [-0.2, 0) is 18.3 Å². The molecule has 1 fully saturated rings. The molecule has 24 heavy (non-hydrogen) atoms. The molecule has 5 nitrogen and oxygen atoms in total. The molecule has 0 unspecified atom stereocenters. The highest BCUT2D eigenvalue weighted by atomic mass is 16.2. The lowest BCUT2D eigenvalue weighted by Crippen LogP contribution is -2.47. The van der Waals surface area contributed by atoms with Gasteiger partial charge in [0.05, 0.1) is 12.7 Å². The molecule has 2 aliphatic rings. The summed E-state index contributed by atoms with van der Waals surface area (Å²) in [5, 5.41) is 0. The summed E-state index contributed by atoms with van der Waals surface area (Å²) in [6.07, 6.45) is 4.98. The van der Waals surface area contributed by atoms with E-state index in [1.165, 1.54) is 11.1 Å². The van der Waals surface area contributed by atoms with Crippen LogP contribution >= 0.6 is 0 Å². The van der Waals surface area contributed by atoms with Crippen molar-refractivity contribution >= 4 is 11.6 Å². The number of amides is 1. The Labute approximate surface area is 142 Å². The standard InChI is InChI=1S/C19H24N4O/c1-13-4-5-17-15(8-13)16-11-21(2)7-6-18(16)23(17)19(24)9-14-10-20-12-22(14)3/h4-5,8,10,12,16,18H,6-7,9,11H2,1-3H3/t16-,18-/m0/s1. The van der Waals surface area contributed by atoms with Crippen molar-refractivity contribution in [2.24, 2.45) is 7.05 Å². The van der Waals surface area contributed by atoms with E-state index in [0.717, 1.165) is 30.9 Å². The van der Waals surface area contributed by atoms with Crippen molar-refractivity contribution in [1.29, 1.82) is 0 Å². The van der Waals surface area contributed by atoms with Gasteiger partial charge in [0, 0.05) is 43.1 Å². The number of rotatable bonds is 2. The first-order valence-corrected chi connectivity index (χ1v) is 8.61. The largest absolute Gasteiger partial charge is 0.337 e. The summed E-state index contributed by atoms with van der Waals surface area (Å²) in [4.78, 5) is 21.7. The minimum atomic E-state index is 0.181. The molecule has 2 aromatic rings. The smallest absolute Gasteiger partial charge is 0.233 e. The second-order valence-corrected chi connectivity index (χ2v) is 7.22. The van der Waals surface area contributed by atoms with Gasteiger partial charge < -0.3 is 14.4 Å². The zero-order valence-electron chi connectivity index (χ0n) is 14.6. The Balaban J connectivity index is 1.69. The maximum absolute atomic E-state index is 13.1. The van der Waals surface area contributed by atoms with Crippen molar-refractivity contribution < 1.29 is 4.79 Å². The lowest BCUT2D eigenvalue weighted by molar-refractivity contribution is -0.118. The van der Waals surface area contributed by atoms with Crippen LogP contribution in [0.4, 0.5) is 5.69 Å². The van der Waals surface area contributed by atoms with Gasteiger partial charge in [0.25, 0.3) is 0 Å². The molecule has 2 atom stereocenters. The van der Waals surface area contributed by atoms with Crippen LogP contribution in [0.3, 0.4) is 0 Å². The van der Waals surface area contributed by atoms with Crippen LogP contribution in [0.5, 0.6) is 0 Å². The van der Waals surface area contributed by atoms with E-state index in [-0.39, 0.29) is 5.91 Å². The summed E-state index contributed by atoms with van der Waals surface area (Å²) in [6.45, 7) is 4.20. The summed E-state index contributed by atoms with van der Waals surface area (Å²) >= 11 is 0. The Kier molecular flexibility index (Phi) is 3.68. The van der Waals surface area contributed by atoms with Crippen LogP contribution in [0.15, 0.2) is 30.7 Å². The average molecular weight is 324 g/mol. The van der Waals surface area contributed by atoms with E-state index in [0.29, 0.717) is 18.4 Å². The van der Waals surface area contributed by atoms with E-state index in [2.05, 4.69) is 47.0 Å². The van der Waals surface area contributed by atoms with E-state index < -0.39 is 0 Å². The Morgan fingerprint density at radius 2 is 2.17 bits per heavy atom. The number of piperidine rings is 1. The molecule has 2 aliphatic heterocycles. The number of likely N-dealkylation sites (N-methyl/N-ethyl adjacent to an activating group) is 1. The molecule has 0 saturated carbocycles. The number of hydrogen-bond acceptors (Lipinski definition) is 3. The Morgan fingerprint density at radius 3 is 2.92 bits per heavy atom. The highest BCUT2D eigenvalue weighted by Crippen LogP contribution is 2.45. The SMILES string of the molecule is Cc1ccc2c(c1)[C@@H]1CN(C)CC[C@@H]1N2C(=O)Cc1cncn1C. The van der Waals surface area contributed by atoms with E-state index in [1.54, 1.807) is 12.5 Å². The summed E-state index contributed by atoms with van der Waals surface area (Å²) in [7, 11) is 4.11. The fourth-order valence-electron chi connectivity index (χ4n) is 4.20. The molecule has 126 valence electrons. The van der Waals surface area contributed by atoms with Gasteiger partial charge in [0.15, 0.2) is 0 Å². The molecule has 3 heterocycles. The lowest BCUT2D eigenvalue weighted by Gasteiger charge is -2.36. The number of fused-ring (bicyclic) bond motifs is 3. The molecule has 5 heteroatoms. The molecule has 4 rings (SSSR count). The van der Waals surface area contributed by atoms with Crippen molar-refractivity contribution in [3.63, 3.8) is 0 Å². The minimum absolute atomic E-state index is 0.181. The normalized spacial score (nSPS) is 23.2. The number of carbonyl (C=O) groups excluding carboxylic acids is 1. The van der Waals surface area contributed by atoms with Gasteiger partial charge in [-0.25, -0.2) is 4.98 Å². The summed E-state index contributed by atoms with van der Waals surface area (Å²) in [5.74, 6) is 0.606. The number of likely N-dealkylation sites (tertiary alicyclic amines) is 1. The fourth-order valence-corrected chi connectivity index (χ4v) is 4.20. The number of nitrogens with zero attached hydrogens (tertiary/aromatic N) is 4. The number of carbonyl (C=O) groups is 1. The molecule has 1 aromatic heterocycles. The first kappa shape index (κ1) is 15.4. The Morgan fingerprint density at radius 1 is 1.33 bits per heavy atom. The van der Waals surface area contributed by atoms with Crippen LogP contribution in [0.2, 0.25) is 0 Å². The summed E-state index contributed by atoms with van der Waals surface area (Å²) in [5.41, 5.74) is 4.68. The van der Waals surface area contributed by atoms with Gasteiger partial charge in [0.2, 0.25) is 5.91 Å². The second kappa shape index (κ2) is 5.74. The fraction of sp³-hybridized carbons (Fsp3) is 0.474. The van der Waals surface area contributed by atoms with E-state index >= 15 is 0 Å². The van der Waals surface area contributed by atoms with E-state index in [4.69, 9.17) is 0 Å². The molecule has 0 radical (unpaired) electrons. The van der Waals surface area contributed by atoms with Crippen molar-refractivity contribution in [2.45, 2.75) is 31.7 Å². The number of benzene rings is 1. The quantitative estimate of drug-likeness (QED) is 0.849. The van der Waals surface area contributed by atoms with Crippen LogP contribution in [-0.4, -0.2) is 46.5 Å². The predicted molar refractivity (Wildman–Crippen MR) is 94.2 cm³/mol. The van der Waals surface area contributed by atoms with Crippen molar-refractivity contribution in [3.05, 3.63) is 47.5 Å². The topological polar surface area (TPSA) is 41.4 Å². The van der Waals surface area contributed by atoms with Crippen LogP contribution < -0.4 is 4.90 Å². The molecule has 0 spiro atoms. The molecule has 1 saturated heterocycles. The molecular formula is C19H24N4O. The highest BCUT2D eigenvalue weighted by Gasteiger charge is 2.43. The number of aromatic nitrogens is 2. The monoisotopic (exact) mass is 324 g/mol. The first-order chi connectivity index (χ1) is 11.5. The number of anilines is 1. The maximum Gasteiger partial charge on any atom is 0.233 e. The Hall–Kier alpha value is -2.14. The average Bonchev–Trinajstić information content (AvgIpc) is 3.08. The van der Waals surface area contributed by atoms with Gasteiger partial charge in [-0.05, 0) is 38.6 Å². The second-order valence-electron chi connectivity index (χ2n) is 7.22. The third-order valence-corrected chi connectivity index (χ3v) is 5.47. The van der Waals surface area contributed by atoms with Crippen molar-refractivity contribution in [1.82, 2.24) is 14.5 Å². The van der Waals surface area contributed by atoms with Gasteiger partial charge in [0.1, 0.15) is 0 Å². The molecule has 0 N–H and O–H groups in total. The summed E-state index contributed by atoms with van der Waals surface area (Å²) in [6, 6.07) is 6.80. The Bertz CT molecular complexity index is 781. The molecule has 1 aromatic carbocycles. The molecular weight excluding hydrogens is 300 g/mol. The maximum atomic E-state index is 13.1. The van der Waals surface area contributed by atoms with E-state index in [1.807, 2.05) is 11.6 Å². The zero-order chi connectivity index (χ0) is 16.8. The lowest BCUT2D eigenvalue weighted by atomic mass is 9.89. The highest BCUT2D eigenvalue weighted by molar-refractivity contribution is 5.98. The molecule has 1 amide bonds. The number of aryl methyl sites for hydroxylation is 2. The number of imidazole rings is 1. The van der Waals surface area contributed by atoms with Gasteiger partial charge in [-0.3, -0.25) is 4.79 Å². The van der Waals surface area contributed by atoms with Gasteiger partial charge in [-0.15, -0.1) is 0 Å². The van der Waals surface area contributed by atoms with E-state index in [9.17, 15) is 4.79 Å². The summed E-state index contributed by atoms with van der Waals surface area (Å²) < 4.78 is 1.93. The first-order valence-electron chi connectivity index (χ1n) is 8.61. The van der Waals surface area contributed by atoms with Gasteiger partial charge >= 0.3 is 0 Å². The predicted octanol–water partition coefficient (Wildman–Crippen LogP) is 2.11. The number of hydrogen-bond donors (Lipinski definition) is 0.